The molecular weight excluding hydrogens is 264 g/mol. The van der Waals surface area contributed by atoms with Crippen molar-refractivity contribution in [2.24, 2.45) is 0 Å². The summed E-state index contributed by atoms with van der Waals surface area (Å²) >= 11 is 0. The molecule has 102 valence electrons. The third-order valence-electron chi connectivity index (χ3n) is 3.10. The lowest BCUT2D eigenvalue weighted by Gasteiger charge is -2.11. The van der Waals surface area contributed by atoms with Gasteiger partial charge in [0.2, 0.25) is 0 Å². The highest BCUT2D eigenvalue weighted by molar-refractivity contribution is 5.87. The molecule has 0 saturated heterocycles. The van der Waals surface area contributed by atoms with Gasteiger partial charge < -0.3 is 9.84 Å². The van der Waals surface area contributed by atoms with Gasteiger partial charge in [-0.25, -0.2) is 0 Å². The number of aryl methyl sites for hydroxylation is 1. The van der Waals surface area contributed by atoms with E-state index in [4.69, 9.17) is 4.74 Å². The van der Waals surface area contributed by atoms with Gasteiger partial charge in [-0.1, -0.05) is 12.1 Å². The second-order valence-electron chi connectivity index (χ2n) is 4.74. The summed E-state index contributed by atoms with van der Waals surface area (Å²) in [6, 6.07) is 14.5. The number of fused-ring (bicyclic) bond motifs is 1. The highest BCUT2D eigenvalue weighted by Gasteiger charge is 2.11. The van der Waals surface area contributed by atoms with Gasteiger partial charge in [0, 0.05) is 17.6 Å². The third kappa shape index (κ3) is 2.49. The summed E-state index contributed by atoms with van der Waals surface area (Å²) in [6.45, 7) is 1.86. The van der Waals surface area contributed by atoms with Crippen molar-refractivity contribution < 1.29 is 9.84 Å². The first-order chi connectivity index (χ1) is 10.2. The molecule has 0 aliphatic carbocycles. The summed E-state index contributed by atoms with van der Waals surface area (Å²) in [5.41, 5.74) is 1.99. The smallest absolute Gasteiger partial charge is 0.156 e. The minimum absolute atomic E-state index is 0.127. The summed E-state index contributed by atoms with van der Waals surface area (Å²) in [4.78, 5) is 4.24. The highest BCUT2D eigenvalue weighted by atomic mass is 16.5. The number of aromatic nitrogens is 1. The molecule has 1 heterocycles. The predicted octanol–water partition coefficient (Wildman–Crippen LogP) is 3.91. The molecule has 0 aliphatic rings. The average molecular weight is 276 g/mol. The molecular formula is C17H12N2O2. The van der Waals surface area contributed by atoms with Crippen molar-refractivity contribution in [1.82, 2.24) is 4.98 Å². The van der Waals surface area contributed by atoms with Gasteiger partial charge in [0.05, 0.1) is 5.52 Å². The topological polar surface area (TPSA) is 66.1 Å². The Morgan fingerprint density at radius 2 is 2.00 bits per heavy atom. The molecule has 4 nitrogen and oxygen atoms in total. The van der Waals surface area contributed by atoms with Crippen LogP contribution in [0.25, 0.3) is 10.9 Å². The Morgan fingerprint density at radius 1 is 1.19 bits per heavy atom. The first kappa shape index (κ1) is 12.9. The van der Waals surface area contributed by atoms with E-state index in [-0.39, 0.29) is 5.75 Å². The second-order valence-corrected chi connectivity index (χ2v) is 4.74. The van der Waals surface area contributed by atoms with E-state index < -0.39 is 0 Å². The van der Waals surface area contributed by atoms with Crippen molar-refractivity contribution in [1.29, 1.82) is 5.26 Å². The van der Waals surface area contributed by atoms with Crippen molar-refractivity contribution in [3.8, 4) is 23.3 Å². The monoisotopic (exact) mass is 276 g/mol. The summed E-state index contributed by atoms with van der Waals surface area (Å²) < 4.78 is 5.85. The molecule has 0 aliphatic heterocycles. The molecule has 2 aromatic carbocycles. The Balaban J connectivity index is 2.17. The molecule has 3 aromatic rings. The first-order valence-corrected chi connectivity index (χ1v) is 6.44. The van der Waals surface area contributed by atoms with E-state index in [1.54, 1.807) is 12.1 Å². The van der Waals surface area contributed by atoms with Crippen LogP contribution in [0.3, 0.4) is 0 Å². The van der Waals surface area contributed by atoms with E-state index in [1.165, 1.54) is 12.3 Å². The summed E-state index contributed by atoms with van der Waals surface area (Å²) in [5, 5.41) is 19.7. The number of phenolic OH excluding ortho intramolecular Hbond substituents is 1. The Hall–Kier alpha value is -3.06. The SMILES string of the molecule is Cc1cc(O)cc(Oc2c(C#N)cnc3ccccc23)c1. The standard InChI is InChI=1S/C17H12N2O2/c1-11-6-13(20)8-14(7-11)21-17-12(9-18)10-19-16-5-3-2-4-15(16)17/h2-8,10,20H,1H3. The van der Waals surface area contributed by atoms with Gasteiger partial charge in [-0.2, -0.15) is 5.26 Å². The normalized spacial score (nSPS) is 10.3. The largest absolute Gasteiger partial charge is 0.508 e. The van der Waals surface area contributed by atoms with Crippen molar-refractivity contribution >= 4 is 10.9 Å². The number of hydrogen-bond donors (Lipinski definition) is 1. The maximum absolute atomic E-state index is 9.65. The van der Waals surface area contributed by atoms with Crippen LogP contribution >= 0.6 is 0 Å². The maximum Gasteiger partial charge on any atom is 0.156 e. The Labute approximate surface area is 121 Å². The molecule has 0 amide bonds. The fraction of sp³-hybridized carbons (Fsp3) is 0.0588. The van der Waals surface area contributed by atoms with Crippen molar-refractivity contribution in [2.45, 2.75) is 6.92 Å². The summed E-state index contributed by atoms with van der Waals surface area (Å²) in [7, 11) is 0. The van der Waals surface area contributed by atoms with Crippen molar-refractivity contribution in [3.63, 3.8) is 0 Å². The molecule has 1 N–H and O–H groups in total. The van der Waals surface area contributed by atoms with Crippen LogP contribution < -0.4 is 4.74 Å². The fourth-order valence-corrected chi connectivity index (χ4v) is 2.21. The molecule has 0 saturated carbocycles. The van der Waals surface area contributed by atoms with Gasteiger partial charge in [0.1, 0.15) is 23.1 Å². The second kappa shape index (κ2) is 5.14. The van der Waals surface area contributed by atoms with E-state index in [9.17, 15) is 10.4 Å². The average Bonchev–Trinajstić information content (AvgIpc) is 2.46. The van der Waals surface area contributed by atoms with Crippen LogP contribution in [0.15, 0.2) is 48.7 Å². The van der Waals surface area contributed by atoms with Gasteiger partial charge >= 0.3 is 0 Å². The number of nitrogens with zero attached hydrogens (tertiary/aromatic N) is 2. The van der Waals surface area contributed by atoms with Crippen molar-refractivity contribution in [3.05, 3.63) is 59.8 Å². The number of aromatic hydroxyl groups is 1. The zero-order chi connectivity index (χ0) is 14.8. The molecule has 0 unspecified atom stereocenters. The Kier molecular flexibility index (Phi) is 3.17. The van der Waals surface area contributed by atoms with Crippen LogP contribution in [0.5, 0.6) is 17.2 Å². The Morgan fingerprint density at radius 3 is 2.76 bits per heavy atom. The van der Waals surface area contributed by atoms with Crippen LogP contribution in [0.4, 0.5) is 0 Å². The highest BCUT2D eigenvalue weighted by Crippen LogP contribution is 2.33. The lowest BCUT2D eigenvalue weighted by molar-refractivity contribution is 0.456. The zero-order valence-electron chi connectivity index (χ0n) is 11.4. The van der Waals surface area contributed by atoms with Crippen LogP contribution in [0, 0.1) is 18.3 Å². The molecule has 0 fully saturated rings. The van der Waals surface area contributed by atoms with Crippen molar-refractivity contribution in [2.75, 3.05) is 0 Å². The molecule has 0 bridgehead atoms. The van der Waals surface area contributed by atoms with Gasteiger partial charge in [-0.15, -0.1) is 0 Å². The molecule has 3 rings (SSSR count). The third-order valence-corrected chi connectivity index (χ3v) is 3.10. The quantitative estimate of drug-likeness (QED) is 0.770. The van der Waals surface area contributed by atoms with E-state index >= 15 is 0 Å². The number of pyridine rings is 1. The number of phenols is 1. The Bertz CT molecular complexity index is 846. The first-order valence-electron chi connectivity index (χ1n) is 6.44. The molecule has 21 heavy (non-hydrogen) atoms. The molecule has 1 aromatic heterocycles. The number of hydrogen-bond acceptors (Lipinski definition) is 4. The molecule has 4 heteroatoms. The summed E-state index contributed by atoms with van der Waals surface area (Å²) in [6.07, 6.45) is 1.49. The van der Waals surface area contributed by atoms with Gasteiger partial charge in [-0.05, 0) is 36.8 Å². The number of para-hydroxylation sites is 1. The number of nitriles is 1. The predicted molar refractivity (Wildman–Crippen MR) is 79.4 cm³/mol. The van der Waals surface area contributed by atoms with Crippen LogP contribution in [0.1, 0.15) is 11.1 Å². The van der Waals surface area contributed by atoms with Gasteiger partial charge in [0.15, 0.2) is 5.75 Å². The minimum atomic E-state index is 0.127. The lowest BCUT2D eigenvalue weighted by Crippen LogP contribution is -1.92. The number of benzene rings is 2. The van der Waals surface area contributed by atoms with Crippen LogP contribution in [0.2, 0.25) is 0 Å². The van der Waals surface area contributed by atoms with E-state index in [0.717, 1.165) is 16.5 Å². The number of rotatable bonds is 2. The fourth-order valence-electron chi connectivity index (χ4n) is 2.21. The zero-order valence-corrected chi connectivity index (χ0v) is 11.4. The van der Waals surface area contributed by atoms with Crippen LogP contribution in [-0.2, 0) is 0 Å². The van der Waals surface area contributed by atoms with E-state index in [1.807, 2.05) is 31.2 Å². The lowest BCUT2D eigenvalue weighted by atomic mass is 10.1. The molecule has 0 atom stereocenters. The summed E-state index contributed by atoms with van der Waals surface area (Å²) in [5.74, 6) is 1.07. The minimum Gasteiger partial charge on any atom is -0.508 e. The molecule has 0 radical (unpaired) electrons. The van der Waals surface area contributed by atoms with Gasteiger partial charge in [0.25, 0.3) is 0 Å². The van der Waals surface area contributed by atoms with Gasteiger partial charge in [-0.3, -0.25) is 4.98 Å². The van der Waals surface area contributed by atoms with Crippen LogP contribution in [-0.4, -0.2) is 10.1 Å². The number of ether oxygens (including phenoxy) is 1. The molecule has 0 spiro atoms. The van der Waals surface area contributed by atoms with E-state index in [0.29, 0.717) is 17.1 Å². The maximum atomic E-state index is 9.65. The van der Waals surface area contributed by atoms with E-state index in [2.05, 4.69) is 11.1 Å².